The molecule has 0 fully saturated rings. The molecule has 0 aliphatic heterocycles. The van der Waals surface area contributed by atoms with Crippen molar-refractivity contribution in [2.45, 2.75) is 12.8 Å². The van der Waals surface area contributed by atoms with Gasteiger partial charge in [-0.2, -0.15) is 0 Å². The zero-order valence-electron chi connectivity index (χ0n) is 11.6. The van der Waals surface area contributed by atoms with Crippen LogP contribution in [0.15, 0.2) is 18.2 Å². The summed E-state index contributed by atoms with van der Waals surface area (Å²) in [5.74, 6) is -1.39. The minimum Gasteiger partial charge on any atom is -0.352 e. The summed E-state index contributed by atoms with van der Waals surface area (Å²) in [5, 5.41) is 13.2. The molecule has 0 atom stereocenters. The highest BCUT2D eigenvalue weighted by molar-refractivity contribution is 5.95. The number of nitro benzene ring substituents is 1. The Balaban J connectivity index is 2.55. The van der Waals surface area contributed by atoms with Crippen LogP contribution in [0.2, 0.25) is 0 Å². The fraction of sp³-hybridized carbons (Fsp3) is 0.462. The van der Waals surface area contributed by atoms with Crippen LogP contribution in [0.5, 0.6) is 0 Å². The highest BCUT2D eigenvalue weighted by atomic mass is 19.1. The molecule has 0 spiro atoms. The van der Waals surface area contributed by atoms with Crippen molar-refractivity contribution in [1.29, 1.82) is 0 Å². The number of amides is 1. The molecule has 0 aliphatic carbocycles. The standard InChI is InChI=1S/C13H18FN3O3/c1-16(2)8-4-3-7-15-13(18)11-9-10(17(19)20)5-6-12(11)14/h5-6,9H,3-4,7-8H2,1-2H3,(H,15,18). The van der Waals surface area contributed by atoms with Gasteiger partial charge in [0.25, 0.3) is 11.6 Å². The Kier molecular flexibility index (Phi) is 6.05. The molecule has 0 saturated heterocycles. The molecule has 1 aromatic carbocycles. The molecule has 0 saturated carbocycles. The van der Waals surface area contributed by atoms with Crippen LogP contribution in [0.3, 0.4) is 0 Å². The number of carbonyl (C=O) groups excluding carboxylic acids is 1. The molecular formula is C13H18FN3O3. The van der Waals surface area contributed by atoms with Crippen LogP contribution in [0, 0.1) is 15.9 Å². The van der Waals surface area contributed by atoms with Crippen molar-refractivity contribution in [3.05, 3.63) is 39.7 Å². The van der Waals surface area contributed by atoms with Gasteiger partial charge in [-0.25, -0.2) is 4.39 Å². The van der Waals surface area contributed by atoms with E-state index >= 15 is 0 Å². The maximum Gasteiger partial charge on any atom is 0.270 e. The van der Waals surface area contributed by atoms with Crippen LogP contribution in [-0.2, 0) is 0 Å². The first-order valence-corrected chi connectivity index (χ1v) is 6.28. The third kappa shape index (κ3) is 4.93. The zero-order valence-corrected chi connectivity index (χ0v) is 11.6. The SMILES string of the molecule is CN(C)CCCCNC(=O)c1cc([N+](=O)[O-])ccc1F. The largest absolute Gasteiger partial charge is 0.352 e. The molecule has 6 nitrogen and oxygen atoms in total. The van der Waals surface area contributed by atoms with Crippen LogP contribution in [0.1, 0.15) is 23.2 Å². The Labute approximate surface area is 116 Å². The van der Waals surface area contributed by atoms with E-state index in [4.69, 9.17) is 0 Å². The van der Waals surface area contributed by atoms with E-state index in [1.807, 2.05) is 19.0 Å². The van der Waals surface area contributed by atoms with E-state index in [0.29, 0.717) is 6.54 Å². The molecular weight excluding hydrogens is 265 g/mol. The molecule has 20 heavy (non-hydrogen) atoms. The van der Waals surface area contributed by atoms with E-state index in [1.165, 1.54) is 0 Å². The number of nitrogens with zero attached hydrogens (tertiary/aromatic N) is 2. The van der Waals surface area contributed by atoms with Crippen molar-refractivity contribution in [3.63, 3.8) is 0 Å². The van der Waals surface area contributed by atoms with Gasteiger partial charge >= 0.3 is 0 Å². The molecule has 0 aliphatic rings. The number of carbonyl (C=O) groups is 1. The quantitative estimate of drug-likeness (QED) is 0.470. The lowest BCUT2D eigenvalue weighted by Crippen LogP contribution is -2.26. The molecule has 1 amide bonds. The molecule has 7 heteroatoms. The fourth-order valence-corrected chi connectivity index (χ4v) is 1.65. The number of halogens is 1. The third-order valence-corrected chi connectivity index (χ3v) is 2.72. The minimum absolute atomic E-state index is 0.299. The number of rotatable bonds is 7. The second kappa shape index (κ2) is 7.54. The predicted molar refractivity (Wildman–Crippen MR) is 73.2 cm³/mol. The van der Waals surface area contributed by atoms with E-state index in [-0.39, 0.29) is 11.3 Å². The second-order valence-electron chi connectivity index (χ2n) is 4.69. The van der Waals surface area contributed by atoms with Gasteiger partial charge in [-0.3, -0.25) is 14.9 Å². The smallest absolute Gasteiger partial charge is 0.270 e. The highest BCUT2D eigenvalue weighted by Crippen LogP contribution is 2.16. The number of nitrogens with one attached hydrogen (secondary N) is 1. The summed E-state index contributed by atoms with van der Waals surface area (Å²) >= 11 is 0. The van der Waals surface area contributed by atoms with Crippen molar-refractivity contribution in [2.75, 3.05) is 27.2 Å². The summed E-state index contributed by atoms with van der Waals surface area (Å²) in [6, 6.07) is 2.91. The lowest BCUT2D eigenvalue weighted by molar-refractivity contribution is -0.384. The van der Waals surface area contributed by atoms with Crippen LogP contribution < -0.4 is 5.32 Å². The van der Waals surface area contributed by atoms with E-state index in [2.05, 4.69) is 5.32 Å². The molecule has 0 bridgehead atoms. The highest BCUT2D eigenvalue weighted by Gasteiger charge is 2.16. The van der Waals surface area contributed by atoms with Gasteiger partial charge in [0.15, 0.2) is 0 Å². The molecule has 1 N–H and O–H groups in total. The van der Waals surface area contributed by atoms with Crippen molar-refractivity contribution >= 4 is 11.6 Å². The summed E-state index contributed by atoms with van der Waals surface area (Å²) in [6.07, 6.45) is 1.67. The third-order valence-electron chi connectivity index (χ3n) is 2.72. The van der Waals surface area contributed by atoms with E-state index in [1.54, 1.807) is 0 Å². The number of unbranched alkanes of at least 4 members (excludes halogenated alkanes) is 1. The van der Waals surface area contributed by atoms with Crippen molar-refractivity contribution < 1.29 is 14.1 Å². The number of hydrogen-bond acceptors (Lipinski definition) is 4. The maximum absolute atomic E-state index is 13.5. The van der Waals surface area contributed by atoms with Crippen LogP contribution >= 0.6 is 0 Å². The van der Waals surface area contributed by atoms with Gasteiger partial charge in [0.05, 0.1) is 10.5 Å². The topological polar surface area (TPSA) is 75.5 Å². The second-order valence-corrected chi connectivity index (χ2v) is 4.69. The first-order chi connectivity index (χ1) is 9.41. The lowest BCUT2D eigenvalue weighted by atomic mass is 10.1. The summed E-state index contributed by atoms with van der Waals surface area (Å²) in [7, 11) is 3.91. The average molecular weight is 283 g/mol. The molecule has 110 valence electrons. The molecule has 1 rings (SSSR count). The van der Waals surface area contributed by atoms with Crippen LogP contribution in [-0.4, -0.2) is 42.9 Å². The number of nitro groups is 1. The van der Waals surface area contributed by atoms with Crippen molar-refractivity contribution in [1.82, 2.24) is 10.2 Å². The first-order valence-electron chi connectivity index (χ1n) is 6.28. The Bertz CT molecular complexity index is 492. The van der Waals surface area contributed by atoms with E-state index in [0.717, 1.165) is 37.6 Å². The minimum atomic E-state index is -0.763. The number of non-ortho nitro benzene ring substituents is 1. The Morgan fingerprint density at radius 1 is 1.40 bits per heavy atom. The van der Waals surface area contributed by atoms with Crippen molar-refractivity contribution in [2.24, 2.45) is 0 Å². The Morgan fingerprint density at radius 3 is 2.70 bits per heavy atom. The summed E-state index contributed by atoms with van der Waals surface area (Å²) in [4.78, 5) is 23.7. The van der Waals surface area contributed by atoms with E-state index < -0.39 is 16.6 Å². The van der Waals surface area contributed by atoms with Gasteiger partial charge < -0.3 is 10.2 Å². The Hall–Kier alpha value is -2.02. The van der Waals surface area contributed by atoms with Crippen LogP contribution in [0.25, 0.3) is 0 Å². The Morgan fingerprint density at radius 2 is 2.10 bits per heavy atom. The van der Waals surface area contributed by atoms with Gasteiger partial charge in [0, 0.05) is 18.7 Å². The summed E-state index contributed by atoms with van der Waals surface area (Å²) < 4.78 is 13.5. The maximum atomic E-state index is 13.5. The number of hydrogen-bond donors (Lipinski definition) is 1. The molecule has 0 unspecified atom stereocenters. The zero-order chi connectivity index (χ0) is 15.1. The molecule has 1 aromatic rings. The average Bonchev–Trinajstić information content (AvgIpc) is 2.37. The summed E-state index contributed by atoms with van der Waals surface area (Å²) in [5.41, 5.74) is -0.601. The summed E-state index contributed by atoms with van der Waals surface area (Å²) in [6.45, 7) is 1.32. The molecule has 0 aromatic heterocycles. The molecule has 0 heterocycles. The fourth-order valence-electron chi connectivity index (χ4n) is 1.65. The van der Waals surface area contributed by atoms with E-state index in [9.17, 15) is 19.3 Å². The lowest BCUT2D eigenvalue weighted by Gasteiger charge is -2.09. The van der Waals surface area contributed by atoms with Gasteiger partial charge in [0.1, 0.15) is 5.82 Å². The monoisotopic (exact) mass is 283 g/mol. The van der Waals surface area contributed by atoms with Crippen LogP contribution in [0.4, 0.5) is 10.1 Å². The predicted octanol–water partition coefficient (Wildman–Crippen LogP) is 1.81. The van der Waals surface area contributed by atoms with Crippen molar-refractivity contribution in [3.8, 4) is 0 Å². The van der Waals surface area contributed by atoms with Gasteiger partial charge in [-0.15, -0.1) is 0 Å². The first kappa shape index (κ1) is 16.0. The van der Waals surface area contributed by atoms with Gasteiger partial charge in [0.2, 0.25) is 0 Å². The molecule has 0 radical (unpaired) electrons. The van der Waals surface area contributed by atoms with Gasteiger partial charge in [-0.05, 0) is 39.5 Å². The normalized spacial score (nSPS) is 10.6. The van der Waals surface area contributed by atoms with Gasteiger partial charge in [-0.1, -0.05) is 0 Å². The number of benzene rings is 1.